The maximum absolute atomic E-state index is 12.3. The Morgan fingerprint density at radius 3 is 3.05 bits per heavy atom. The lowest BCUT2D eigenvalue weighted by Gasteiger charge is -2.21. The summed E-state index contributed by atoms with van der Waals surface area (Å²) in [6.45, 7) is 0.777. The highest BCUT2D eigenvalue weighted by Gasteiger charge is 2.23. The maximum atomic E-state index is 12.3. The molecule has 6 nitrogen and oxygen atoms in total. The van der Waals surface area contributed by atoms with E-state index in [0.717, 1.165) is 22.8 Å². The molecular formula is C15H16N4O2. The van der Waals surface area contributed by atoms with E-state index < -0.39 is 0 Å². The Bertz CT molecular complexity index is 660. The lowest BCUT2D eigenvalue weighted by Crippen LogP contribution is -2.30. The molecule has 1 aliphatic heterocycles. The van der Waals surface area contributed by atoms with Gasteiger partial charge in [0.15, 0.2) is 0 Å². The third kappa shape index (κ3) is 2.80. The van der Waals surface area contributed by atoms with Gasteiger partial charge in [0, 0.05) is 6.20 Å². The average Bonchev–Trinajstić information content (AvgIpc) is 2.68. The van der Waals surface area contributed by atoms with Crippen molar-refractivity contribution in [2.24, 2.45) is 5.84 Å². The molecule has 0 radical (unpaired) electrons. The zero-order valence-corrected chi connectivity index (χ0v) is 11.5. The fourth-order valence-corrected chi connectivity index (χ4v) is 2.31. The number of aromatic nitrogens is 1. The third-order valence-electron chi connectivity index (χ3n) is 3.33. The summed E-state index contributed by atoms with van der Waals surface area (Å²) < 4.78 is 5.62. The lowest BCUT2D eigenvalue weighted by molar-refractivity contribution is -0.118. The van der Waals surface area contributed by atoms with Crippen molar-refractivity contribution in [3.8, 4) is 5.75 Å². The standard InChI is InChI=1S/C15H16N4O2/c16-18-11-5-7-17-12(9-11)10-19-13-3-1-2-4-14(13)21-8-6-15(19)20/h1-5,7,9H,6,8,10,16H2,(H,17,18). The second-order valence-corrected chi connectivity index (χ2v) is 4.73. The smallest absolute Gasteiger partial charge is 0.230 e. The van der Waals surface area contributed by atoms with Crippen molar-refractivity contribution < 1.29 is 9.53 Å². The van der Waals surface area contributed by atoms with Gasteiger partial charge in [0.1, 0.15) is 5.75 Å². The Balaban J connectivity index is 1.93. The van der Waals surface area contributed by atoms with E-state index in [4.69, 9.17) is 10.6 Å². The highest BCUT2D eigenvalue weighted by atomic mass is 16.5. The van der Waals surface area contributed by atoms with E-state index in [1.165, 1.54) is 0 Å². The topological polar surface area (TPSA) is 80.5 Å². The summed E-state index contributed by atoms with van der Waals surface area (Å²) in [5, 5.41) is 0. The number of hydrogen-bond donors (Lipinski definition) is 2. The molecule has 0 saturated carbocycles. The van der Waals surface area contributed by atoms with E-state index in [1.807, 2.05) is 30.3 Å². The van der Waals surface area contributed by atoms with Gasteiger partial charge in [-0.2, -0.15) is 0 Å². The number of nitrogens with two attached hydrogens (primary N) is 1. The van der Waals surface area contributed by atoms with Crippen LogP contribution in [-0.2, 0) is 11.3 Å². The van der Waals surface area contributed by atoms with E-state index in [0.29, 0.717) is 19.6 Å². The minimum absolute atomic E-state index is 0.0212. The van der Waals surface area contributed by atoms with Gasteiger partial charge in [-0.3, -0.25) is 15.6 Å². The Hall–Kier alpha value is -2.60. The Morgan fingerprint density at radius 2 is 2.19 bits per heavy atom. The van der Waals surface area contributed by atoms with Crippen LogP contribution < -0.4 is 20.9 Å². The predicted octanol–water partition coefficient (Wildman–Crippen LogP) is 1.68. The van der Waals surface area contributed by atoms with Crippen LogP contribution in [0.1, 0.15) is 12.1 Å². The number of para-hydroxylation sites is 2. The molecule has 0 bridgehead atoms. The number of nitrogens with zero attached hydrogens (tertiary/aromatic N) is 2. The summed E-state index contributed by atoms with van der Waals surface area (Å²) in [4.78, 5) is 18.3. The molecule has 1 aromatic carbocycles. The Morgan fingerprint density at radius 1 is 1.33 bits per heavy atom. The van der Waals surface area contributed by atoms with Crippen LogP contribution in [0.4, 0.5) is 11.4 Å². The van der Waals surface area contributed by atoms with Crippen LogP contribution in [0.5, 0.6) is 5.75 Å². The number of hydrogen-bond acceptors (Lipinski definition) is 5. The van der Waals surface area contributed by atoms with Crippen molar-refractivity contribution in [2.45, 2.75) is 13.0 Å². The van der Waals surface area contributed by atoms with Gasteiger partial charge in [0.25, 0.3) is 0 Å². The van der Waals surface area contributed by atoms with E-state index >= 15 is 0 Å². The summed E-state index contributed by atoms with van der Waals surface area (Å²) in [6.07, 6.45) is 2.01. The number of pyridine rings is 1. The molecule has 0 fully saturated rings. The summed E-state index contributed by atoms with van der Waals surface area (Å²) in [6, 6.07) is 11.1. The molecule has 0 saturated heterocycles. The first-order valence-electron chi connectivity index (χ1n) is 6.71. The van der Waals surface area contributed by atoms with Crippen LogP contribution in [0.3, 0.4) is 0 Å². The van der Waals surface area contributed by atoms with Crippen molar-refractivity contribution in [1.82, 2.24) is 4.98 Å². The monoisotopic (exact) mass is 284 g/mol. The van der Waals surface area contributed by atoms with Gasteiger partial charge < -0.3 is 15.1 Å². The van der Waals surface area contributed by atoms with E-state index in [1.54, 1.807) is 17.2 Å². The van der Waals surface area contributed by atoms with Crippen LogP contribution in [0.15, 0.2) is 42.6 Å². The fourth-order valence-electron chi connectivity index (χ4n) is 2.31. The van der Waals surface area contributed by atoms with Crippen LogP contribution in [0, 0.1) is 0 Å². The highest BCUT2D eigenvalue weighted by molar-refractivity contribution is 5.95. The summed E-state index contributed by atoms with van der Waals surface area (Å²) in [5.41, 5.74) is 4.87. The molecule has 3 rings (SSSR count). The van der Waals surface area contributed by atoms with Gasteiger partial charge in [-0.1, -0.05) is 12.1 Å². The largest absolute Gasteiger partial charge is 0.491 e. The van der Waals surface area contributed by atoms with Gasteiger partial charge in [-0.05, 0) is 24.3 Å². The Kier molecular flexibility index (Phi) is 3.70. The number of fused-ring (bicyclic) bond motifs is 1. The van der Waals surface area contributed by atoms with E-state index in [9.17, 15) is 4.79 Å². The molecule has 1 aliphatic rings. The molecule has 0 atom stereocenters. The first-order valence-corrected chi connectivity index (χ1v) is 6.71. The quantitative estimate of drug-likeness (QED) is 0.662. The molecular weight excluding hydrogens is 268 g/mol. The van der Waals surface area contributed by atoms with E-state index in [-0.39, 0.29) is 5.91 Å². The Labute approximate surface area is 122 Å². The number of carbonyl (C=O) groups excluding carboxylic acids is 1. The second-order valence-electron chi connectivity index (χ2n) is 4.73. The van der Waals surface area contributed by atoms with Gasteiger partial charge in [0.05, 0.1) is 36.6 Å². The zero-order valence-electron chi connectivity index (χ0n) is 11.5. The first kappa shape index (κ1) is 13.4. The highest BCUT2D eigenvalue weighted by Crippen LogP contribution is 2.31. The number of nitrogens with one attached hydrogen (secondary N) is 1. The molecule has 2 heterocycles. The number of rotatable bonds is 3. The maximum Gasteiger partial charge on any atom is 0.230 e. The number of anilines is 2. The van der Waals surface area contributed by atoms with Crippen LogP contribution >= 0.6 is 0 Å². The number of benzene rings is 1. The van der Waals surface area contributed by atoms with Crippen LogP contribution in [-0.4, -0.2) is 17.5 Å². The van der Waals surface area contributed by atoms with Crippen molar-refractivity contribution in [2.75, 3.05) is 16.9 Å². The normalized spacial score (nSPS) is 14.1. The number of hydrazine groups is 1. The van der Waals surface area contributed by atoms with Gasteiger partial charge in [-0.15, -0.1) is 0 Å². The number of carbonyl (C=O) groups is 1. The molecule has 2 aromatic rings. The van der Waals surface area contributed by atoms with Crippen LogP contribution in [0.2, 0.25) is 0 Å². The van der Waals surface area contributed by atoms with Crippen molar-refractivity contribution in [1.29, 1.82) is 0 Å². The summed E-state index contributed by atoms with van der Waals surface area (Å²) in [5.74, 6) is 6.14. The van der Waals surface area contributed by atoms with Gasteiger partial charge >= 0.3 is 0 Å². The molecule has 6 heteroatoms. The SMILES string of the molecule is NNc1ccnc(CN2C(=O)CCOc3ccccc32)c1. The molecule has 1 aromatic heterocycles. The summed E-state index contributed by atoms with van der Waals surface area (Å²) in [7, 11) is 0. The number of nitrogen functional groups attached to an aromatic ring is 1. The molecule has 3 N–H and O–H groups in total. The minimum atomic E-state index is 0.0212. The predicted molar refractivity (Wildman–Crippen MR) is 79.8 cm³/mol. The average molecular weight is 284 g/mol. The lowest BCUT2D eigenvalue weighted by atomic mass is 10.2. The molecule has 0 aliphatic carbocycles. The fraction of sp³-hybridized carbons (Fsp3) is 0.200. The molecule has 0 unspecified atom stereocenters. The van der Waals surface area contributed by atoms with Crippen molar-refractivity contribution >= 4 is 17.3 Å². The zero-order chi connectivity index (χ0) is 14.7. The van der Waals surface area contributed by atoms with Gasteiger partial charge in [0.2, 0.25) is 5.91 Å². The molecule has 21 heavy (non-hydrogen) atoms. The molecule has 1 amide bonds. The first-order chi connectivity index (χ1) is 10.3. The van der Waals surface area contributed by atoms with E-state index in [2.05, 4.69) is 10.4 Å². The summed E-state index contributed by atoms with van der Waals surface area (Å²) >= 11 is 0. The third-order valence-corrected chi connectivity index (χ3v) is 3.33. The molecule has 108 valence electrons. The number of ether oxygens (including phenoxy) is 1. The van der Waals surface area contributed by atoms with Crippen molar-refractivity contribution in [3.63, 3.8) is 0 Å². The van der Waals surface area contributed by atoms with Crippen LogP contribution in [0.25, 0.3) is 0 Å². The molecule has 0 spiro atoms. The van der Waals surface area contributed by atoms with Crippen molar-refractivity contribution in [3.05, 3.63) is 48.3 Å². The minimum Gasteiger partial charge on any atom is -0.491 e. The number of amides is 1. The van der Waals surface area contributed by atoms with Gasteiger partial charge in [-0.25, -0.2) is 0 Å². The second kappa shape index (κ2) is 5.80.